The molecule has 9 rings (SSSR count). The highest BCUT2D eigenvalue weighted by Crippen LogP contribution is 2.37. The zero-order valence-corrected chi connectivity index (χ0v) is 51.9. The van der Waals surface area contributed by atoms with Crippen molar-refractivity contribution in [1.29, 1.82) is 0 Å². The number of ether oxygens (including phenoxy) is 2. The number of nitrogens with one attached hydrogen (secondary N) is 5. The first-order valence-electron chi connectivity index (χ1n) is 31.6. The second-order valence-corrected chi connectivity index (χ2v) is 23.5. The molecule has 8 atom stereocenters. The Balaban J connectivity index is 1.16. The van der Waals surface area contributed by atoms with Crippen molar-refractivity contribution in [1.82, 2.24) is 45.8 Å². The number of halogens is 8. The van der Waals surface area contributed by atoms with Crippen LogP contribution < -0.4 is 26.6 Å². The lowest BCUT2D eigenvalue weighted by molar-refractivity contribution is -0.0668. The number of hydrogen-bond donors (Lipinski definition) is 5. The summed E-state index contributed by atoms with van der Waals surface area (Å²) in [4.78, 5) is 10.8. The Morgan fingerprint density at radius 2 is 1.06 bits per heavy atom. The molecule has 0 bridgehead atoms. The number of rotatable bonds is 31. The van der Waals surface area contributed by atoms with Crippen molar-refractivity contribution in [3.05, 3.63) is 208 Å². The van der Waals surface area contributed by atoms with Gasteiger partial charge in [0.05, 0.1) is 44.7 Å². The van der Waals surface area contributed by atoms with Crippen LogP contribution in [0.1, 0.15) is 86.4 Å². The zero-order valence-electron chi connectivity index (χ0n) is 51.9. The molecule has 3 heterocycles. The first kappa shape index (κ1) is 67.5. The van der Waals surface area contributed by atoms with Crippen LogP contribution >= 0.6 is 0 Å². The van der Waals surface area contributed by atoms with Crippen LogP contribution in [0.25, 0.3) is 0 Å². The van der Waals surface area contributed by atoms with Crippen LogP contribution in [0.3, 0.4) is 0 Å². The van der Waals surface area contributed by atoms with Gasteiger partial charge >= 0.3 is 0 Å². The van der Waals surface area contributed by atoms with Gasteiger partial charge in [-0.3, -0.25) is 30.2 Å². The summed E-state index contributed by atoms with van der Waals surface area (Å²) in [6, 6.07) is 29.6. The van der Waals surface area contributed by atoms with E-state index in [1.807, 2.05) is 44.7 Å². The summed E-state index contributed by atoms with van der Waals surface area (Å²) in [6.07, 6.45) is 1.89. The van der Waals surface area contributed by atoms with Gasteiger partial charge in [-0.25, -0.2) is 35.1 Å². The van der Waals surface area contributed by atoms with Crippen LogP contribution in [-0.4, -0.2) is 168 Å². The average molecular weight is 1240 g/mol. The van der Waals surface area contributed by atoms with E-state index in [1.165, 1.54) is 42.5 Å². The molecule has 0 aliphatic carbocycles. The number of likely N-dealkylation sites (tertiary alicyclic amines) is 1. The standard InChI is InChI=1S/C69H88F8N10O2/c1-6-84(7-2)64(66(49-17-13-20-52(71)39-49)78-43-57(63-24-15-29-83(63)5)48-16-12-19-51(70)38-48)44-79-67(56-41-54(73)25-27-59(56)75)65(85(8-3)9-4)45-81-68(86-30-34-88-35-31-86,50-18-14-21-53(72)40-50)47-82-69(87-32-36-89-37-33-87,58-42-55(74)26-28-60(58)76)46-80-62-23-11-10-22-61(62)77/h10-14,16-23,25-28,38-42,57,63-67,78-82H,6-9,15,24,29-37,43-47H2,1-5H3. The molecule has 3 fully saturated rings. The molecule has 6 aromatic carbocycles. The Hall–Kier alpha value is -5.88. The second kappa shape index (κ2) is 31.9. The van der Waals surface area contributed by atoms with Gasteiger partial charge in [-0.05, 0) is 154 Å². The third kappa shape index (κ3) is 16.2. The topological polar surface area (TPSA) is 94.8 Å². The predicted molar refractivity (Wildman–Crippen MR) is 334 cm³/mol. The number of likely N-dealkylation sites (N-methyl/N-ethyl adjacent to an activating group) is 3. The summed E-state index contributed by atoms with van der Waals surface area (Å²) in [5.74, 6) is -4.75. The molecule has 6 aromatic rings. The van der Waals surface area contributed by atoms with E-state index in [1.54, 1.807) is 48.5 Å². The summed E-state index contributed by atoms with van der Waals surface area (Å²) in [6.45, 7) is 13.5. The van der Waals surface area contributed by atoms with Gasteiger partial charge in [0.15, 0.2) is 0 Å². The highest BCUT2D eigenvalue weighted by atomic mass is 19.2. The Morgan fingerprint density at radius 3 is 1.66 bits per heavy atom. The van der Waals surface area contributed by atoms with E-state index in [0.717, 1.165) is 55.3 Å². The van der Waals surface area contributed by atoms with E-state index < -0.39 is 76.2 Å². The van der Waals surface area contributed by atoms with Gasteiger partial charge in [-0.15, -0.1) is 0 Å². The van der Waals surface area contributed by atoms with Gasteiger partial charge < -0.3 is 30.3 Å². The van der Waals surface area contributed by atoms with Gasteiger partial charge in [0, 0.05) is 93.6 Å². The lowest BCUT2D eigenvalue weighted by atomic mass is 9.88. The highest BCUT2D eigenvalue weighted by molar-refractivity contribution is 5.46. The van der Waals surface area contributed by atoms with E-state index in [0.29, 0.717) is 56.9 Å². The molecule has 20 heteroatoms. The van der Waals surface area contributed by atoms with E-state index in [2.05, 4.69) is 53.2 Å². The molecular formula is C69H88F8N10O2. The molecular weight excluding hydrogens is 1150 g/mol. The van der Waals surface area contributed by atoms with Crippen molar-refractivity contribution < 1.29 is 44.6 Å². The van der Waals surface area contributed by atoms with Crippen molar-refractivity contribution in [2.24, 2.45) is 0 Å². The first-order valence-corrected chi connectivity index (χ1v) is 31.6. The number of anilines is 1. The van der Waals surface area contributed by atoms with Gasteiger partial charge in [-0.2, -0.15) is 0 Å². The summed E-state index contributed by atoms with van der Waals surface area (Å²) in [5.41, 5.74) is -0.980. The Labute approximate surface area is 520 Å². The SMILES string of the molecule is CCN(CC)C(CNC(c1cc(F)ccc1F)C(CNC(CNC(CNc1ccccc1F)(c1cc(F)ccc1F)N1CCOCC1)(c1cccc(F)c1)N1CCOCC1)N(CC)CC)C(NCC(c1cccc(F)c1)C1CCCN1C)c1cccc(F)c1. The minimum absolute atomic E-state index is 0.0307. The highest BCUT2D eigenvalue weighted by Gasteiger charge is 2.48. The van der Waals surface area contributed by atoms with Crippen molar-refractivity contribution in [2.45, 2.75) is 88.0 Å². The van der Waals surface area contributed by atoms with E-state index in [4.69, 9.17) is 9.47 Å². The normalized spacial score (nSPS) is 19.4. The van der Waals surface area contributed by atoms with Gasteiger partial charge in [0.1, 0.15) is 57.9 Å². The van der Waals surface area contributed by atoms with Crippen LogP contribution in [0, 0.1) is 46.5 Å². The van der Waals surface area contributed by atoms with Crippen molar-refractivity contribution in [3.63, 3.8) is 0 Å². The fraction of sp³-hybridized carbons (Fsp3) is 0.478. The molecule has 3 aliphatic rings. The maximum atomic E-state index is 17.1. The number of morpholine rings is 2. The molecule has 8 unspecified atom stereocenters. The molecule has 3 aliphatic heterocycles. The molecule has 89 heavy (non-hydrogen) atoms. The Bertz CT molecular complexity index is 3190. The van der Waals surface area contributed by atoms with Gasteiger partial charge in [-0.1, -0.05) is 76.2 Å². The van der Waals surface area contributed by atoms with E-state index >= 15 is 35.1 Å². The predicted octanol–water partition coefficient (Wildman–Crippen LogP) is 10.7. The maximum Gasteiger partial charge on any atom is 0.146 e. The van der Waals surface area contributed by atoms with Crippen LogP contribution in [0.5, 0.6) is 0 Å². The average Bonchev–Trinajstić information content (AvgIpc) is 1.41. The molecule has 0 spiro atoms. The number of para-hydroxylation sites is 1. The third-order valence-electron chi connectivity index (χ3n) is 18.7. The van der Waals surface area contributed by atoms with Crippen LogP contribution in [0.4, 0.5) is 40.8 Å². The Kier molecular flexibility index (Phi) is 24.2. The Morgan fingerprint density at radius 1 is 0.506 bits per heavy atom. The van der Waals surface area contributed by atoms with Gasteiger partial charge in [0.25, 0.3) is 0 Å². The maximum absolute atomic E-state index is 17.1. The quantitative estimate of drug-likeness (QED) is 0.0268. The molecule has 12 nitrogen and oxygen atoms in total. The largest absolute Gasteiger partial charge is 0.379 e. The molecule has 0 saturated carbocycles. The van der Waals surface area contributed by atoms with Crippen LogP contribution in [-0.2, 0) is 20.8 Å². The monoisotopic (exact) mass is 1240 g/mol. The molecule has 482 valence electrons. The minimum Gasteiger partial charge on any atom is -0.379 e. The number of nitrogens with zero attached hydrogens (tertiary/aromatic N) is 5. The summed E-state index contributed by atoms with van der Waals surface area (Å²) < 4.78 is 141. The third-order valence-corrected chi connectivity index (χ3v) is 18.7. The van der Waals surface area contributed by atoms with Crippen molar-refractivity contribution in [2.75, 3.05) is 130 Å². The van der Waals surface area contributed by atoms with Crippen LogP contribution in [0.2, 0.25) is 0 Å². The van der Waals surface area contributed by atoms with Crippen molar-refractivity contribution in [3.8, 4) is 0 Å². The van der Waals surface area contributed by atoms with Crippen LogP contribution in [0.15, 0.2) is 133 Å². The molecule has 0 aromatic heterocycles. The molecule has 5 N–H and O–H groups in total. The van der Waals surface area contributed by atoms with E-state index in [9.17, 15) is 0 Å². The lowest BCUT2D eigenvalue weighted by Crippen LogP contribution is -2.70. The van der Waals surface area contributed by atoms with Crippen molar-refractivity contribution >= 4 is 5.69 Å². The summed E-state index contributed by atoms with van der Waals surface area (Å²) in [5, 5.41) is 18.7. The lowest BCUT2D eigenvalue weighted by Gasteiger charge is -2.52. The molecule has 0 amide bonds. The zero-order chi connectivity index (χ0) is 63.1. The number of hydrogen-bond acceptors (Lipinski definition) is 12. The van der Waals surface area contributed by atoms with E-state index in [-0.39, 0.29) is 100 Å². The summed E-state index contributed by atoms with van der Waals surface area (Å²) in [7, 11) is 2.09. The fourth-order valence-corrected chi connectivity index (χ4v) is 14.0. The smallest absolute Gasteiger partial charge is 0.146 e. The molecule has 3 saturated heterocycles. The minimum atomic E-state index is -1.64. The first-order chi connectivity index (χ1) is 43.1. The second-order valence-electron chi connectivity index (χ2n) is 23.5. The molecule has 0 radical (unpaired) electrons. The van der Waals surface area contributed by atoms with Gasteiger partial charge in [0.2, 0.25) is 0 Å². The fourth-order valence-electron chi connectivity index (χ4n) is 14.0. The number of benzene rings is 6. The summed E-state index contributed by atoms with van der Waals surface area (Å²) >= 11 is 0.